The zero-order chi connectivity index (χ0) is 13.4. The van der Waals surface area contributed by atoms with Gasteiger partial charge in [-0.3, -0.25) is 14.9 Å². The number of aromatic nitrogens is 2. The number of para-hydroxylation sites is 1. The lowest BCUT2D eigenvalue weighted by atomic mass is 9.89. The summed E-state index contributed by atoms with van der Waals surface area (Å²) in [5.41, 5.74) is 7.26. The first-order valence-corrected chi connectivity index (χ1v) is 5.99. The first kappa shape index (κ1) is 11.6. The van der Waals surface area contributed by atoms with E-state index < -0.39 is 0 Å². The Labute approximate surface area is 109 Å². The van der Waals surface area contributed by atoms with Crippen LogP contribution in [0.5, 0.6) is 0 Å². The van der Waals surface area contributed by atoms with Crippen LogP contribution < -0.4 is 11.1 Å². The molecule has 3 N–H and O–H groups in total. The number of amides is 2. The first-order valence-electron chi connectivity index (χ1n) is 5.99. The normalized spacial score (nSPS) is 19.5. The van der Waals surface area contributed by atoms with E-state index in [1.165, 1.54) is 6.33 Å². The molecule has 2 heterocycles. The number of piperidine rings is 1. The molecule has 19 heavy (non-hydrogen) atoms. The van der Waals surface area contributed by atoms with Crippen molar-refractivity contribution in [3.8, 4) is 0 Å². The minimum Gasteiger partial charge on any atom is -0.383 e. The van der Waals surface area contributed by atoms with Crippen LogP contribution in [0.3, 0.4) is 0 Å². The molecule has 0 spiro atoms. The molecule has 6 heteroatoms. The van der Waals surface area contributed by atoms with Crippen molar-refractivity contribution < 1.29 is 9.59 Å². The van der Waals surface area contributed by atoms with E-state index in [-0.39, 0.29) is 17.7 Å². The summed E-state index contributed by atoms with van der Waals surface area (Å²) in [5, 5.41) is 3.08. The van der Waals surface area contributed by atoms with Crippen molar-refractivity contribution in [2.75, 3.05) is 5.73 Å². The highest BCUT2D eigenvalue weighted by atomic mass is 16.2. The van der Waals surface area contributed by atoms with Crippen LogP contribution in [0, 0.1) is 0 Å². The lowest BCUT2D eigenvalue weighted by Crippen LogP contribution is -2.39. The van der Waals surface area contributed by atoms with Gasteiger partial charge in [0.25, 0.3) is 0 Å². The number of nitrogens with two attached hydrogens (primary N) is 1. The Hall–Kier alpha value is -2.50. The van der Waals surface area contributed by atoms with E-state index in [2.05, 4.69) is 15.3 Å². The molecule has 0 radical (unpaired) electrons. The van der Waals surface area contributed by atoms with Gasteiger partial charge in [0.15, 0.2) is 0 Å². The van der Waals surface area contributed by atoms with Crippen LogP contribution >= 0.6 is 0 Å². The molecule has 6 nitrogen and oxygen atoms in total. The Balaban J connectivity index is 2.13. The summed E-state index contributed by atoms with van der Waals surface area (Å²) in [7, 11) is 0. The van der Waals surface area contributed by atoms with E-state index >= 15 is 0 Å². The molecule has 1 saturated heterocycles. The lowest BCUT2D eigenvalue weighted by molar-refractivity contribution is -0.134. The Morgan fingerprint density at radius 2 is 2.11 bits per heavy atom. The minimum atomic E-state index is -0.365. The standard InChI is InChI=1S/C13H12N4O2/c14-12-9-3-1-2-7(11(9)15-6-16-12)8-4-5-10(18)17-13(8)19/h1-3,6,8H,4-5H2,(H2,14,15,16)(H,17,18,19). The molecule has 2 aromatic rings. The molecule has 0 saturated carbocycles. The molecule has 0 aliphatic carbocycles. The van der Waals surface area contributed by atoms with E-state index in [0.717, 1.165) is 10.9 Å². The molecule has 1 atom stereocenters. The highest BCUT2D eigenvalue weighted by Gasteiger charge is 2.29. The average molecular weight is 256 g/mol. The van der Waals surface area contributed by atoms with E-state index in [1.54, 1.807) is 0 Å². The topological polar surface area (TPSA) is 98.0 Å². The Kier molecular flexibility index (Phi) is 2.63. The second-order valence-electron chi connectivity index (χ2n) is 4.51. The minimum absolute atomic E-state index is 0.226. The molecular formula is C13H12N4O2. The molecule has 1 aromatic heterocycles. The molecule has 96 valence electrons. The van der Waals surface area contributed by atoms with Crippen molar-refractivity contribution in [1.82, 2.24) is 15.3 Å². The molecule has 1 aliphatic rings. The fraction of sp³-hybridized carbons (Fsp3) is 0.231. The molecule has 3 rings (SSSR count). The van der Waals surface area contributed by atoms with Gasteiger partial charge in [0.2, 0.25) is 11.8 Å². The summed E-state index contributed by atoms with van der Waals surface area (Å²) in [6, 6.07) is 5.48. The molecule has 1 aromatic carbocycles. The zero-order valence-corrected chi connectivity index (χ0v) is 10.1. The van der Waals surface area contributed by atoms with Gasteiger partial charge in [-0.15, -0.1) is 0 Å². The van der Waals surface area contributed by atoms with Gasteiger partial charge in [0.05, 0.1) is 11.4 Å². The van der Waals surface area contributed by atoms with Crippen molar-refractivity contribution in [1.29, 1.82) is 0 Å². The van der Waals surface area contributed by atoms with Gasteiger partial charge in [-0.25, -0.2) is 9.97 Å². The summed E-state index contributed by atoms with van der Waals surface area (Å²) in [6.07, 6.45) is 2.22. The fourth-order valence-electron chi connectivity index (χ4n) is 2.40. The number of imide groups is 1. The second kappa shape index (κ2) is 4.31. The number of nitrogen functional groups attached to an aromatic ring is 1. The first-order chi connectivity index (χ1) is 9.16. The molecule has 1 unspecified atom stereocenters. The summed E-state index contributed by atoms with van der Waals surface area (Å²) >= 11 is 0. The predicted octanol–water partition coefficient (Wildman–Crippen LogP) is 0.732. The molecular weight excluding hydrogens is 244 g/mol. The summed E-state index contributed by atoms with van der Waals surface area (Å²) in [6.45, 7) is 0. The number of carbonyl (C=O) groups excluding carboxylic acids is 2. The number of hydrogen-bond donors (Lipinski definition) is 2. The maximum absolute atomic E-state index is 11.9. The molecule has 2 amide bonds. The Bertz CT molecular complexity index is 683. The van der Waals surface area contributed by atoms with Gasteiger partial charge >= 0.3 is 0 Å². The van der Waals surface area contributed by atoms with Crippen LogP contribution in [0.1, 0.15) is 24.3 Å². The van der Waals surface area contributed by atoms with E-state index in [0.29, 0.717) is 24.2 Å². The largest absolute Gasteiger partial charge is 0.383 e. The Morgan fingerprint density at radius 3 is 2.89 bits per heavy atom. The van der Waals surface area contributed by atoms with Crippen LogP contribution in [0.2, 0.25) is 0 Å². The number of nitrogens with zero attached hydrogens (tertiary/aromatic N) is 2. The number of hydrogen-bond acceptors (Lipinski definition) is 5. The number of fused-ring (bicyclic) bond motifs is 1. The second-order valence-corrected chi connectivity index (χ2v) is 4.51. The predicted molar refractivity (Wildman–Crippen MR) is 69.1 cm³/mol. The third kappa shape index (κ3) is 1.91. The summed E-state index contributed by atoms with van der Waals surface area (Å²) in [4.78, 5) is 31.3. The van der Waals surface area contributed by atoms with E-state index in [4.69, 9.17) is 5.73 Å². The lowest BCUT2D eigenvalue weighted by Gasteiger charge is -2.21. The van der Waals surface area contributed by atoms with E-state index in [9.17, 15) is 9.59 Å². The maximum Gasteiger partial charge on any atom is 0.234 e. The summed E-state index contributed by atoms with van der Waals surface area (Å²) in [5.74, 6) is -0.480. The van der Waals surface area contributed by atoms with Crippen molar-refractivity contribution in [2.24, 2.45) is 0 Å². The van der Waals surface area contributed by atoms with E-state index in [1.807, 2.05) is 18.2 Å². The number of anilines is 1. The highest BCUT2D eigenvalue weighted by molar-refractivity contribution is 6.03. The zero-order valence-electron chi connectivity index (χ0n) is 10.1. The molecule has 1 fully saturated rings. The number of nitrogens with one attached hydrogen (secondary N) is 1. The third-order valence-electron chi connectivity index (χ3n) is 3.34. The van der Waals surface area contributed by atoms with Crippen LogP contribution in [-0.2, 0) is 9.59 Å². The van der Waals surface area contributed by atoms with Crippen molar-refractivity contribution in [3.63, 3.8) is 0 Å². The quantitative estimate of drug-likeness (QED) is 0.733. The number of benzene rings is 1. The number of rotatable bonds is 1. The van der Waals surface area contributed by atoms with Crippen molar-refractivity contribution in [3.05, 3.63) is 30.1 Å². The maximum atomic E-state index is 11.9. The van der Waals surface area contributed by atoms with Gasteiger partial charge in [0, 0.05) is 11.8 Å². The van der Waals surface area contributed by atoms with Gasteiger partial charge in [0.1, 0.15) is 12.1 Å². The smallest absolute Gasteiger partial charge is 0.234 e. The number of carbonyl (C=O) groups is 2. The van der Waals surface area contributed by atoms with Gasteiger partial charge in [-0.2, -0.15) is 0 Å². The van der Waals surface area contributed by atoms with Crippen LogP contribution in [0.15, 0.2) is 24.5 Å². The summed E-state index contributed by atoms with van der Waals surface area (Å²) < 4.78 is 0. The highest BCUT2D eigenvalue weighted by Crippen LogP contribution is 2.30. The molecule has 0 bridgehead atoms. The van der Waals surface area contributed by atoms with Gasteiger partial charge in [-0.05, 0) is 18.1 Å². The Morgan fingerprint density at radius 1 is 1.26 bits per heavy atom. The van der Waals surface area contributed by atoms with Crippen LogP contribution in [-0.4, -0.2) is 21.8 Å². The van der Waals surface area contributed by atoms with Crippen LogP contribution in [0.4, 0.5) is 5.82 Å². The van der Waals surface area contributed by atoms with Crippen molar-refractivity contribution in [2.45, 2.75) is 18.8 Å². The van der Waals surface area contributed by atoms with Gasteiger partial charge < -0.3 is 5.73 Å². The fourth-order valence-corrected chi connectivity index (χ4v) is 2.40. The van der Waals surface area contributed by atoms with Gasteiger partial charge in [-0.1, -0.05) is 12.1 Å². The average Bonchev–Trinajstić information content (AvgIpc) is 2.39. The SMILES string of the molecule is Nc1ncnc2c(C3CCC(=O)NC3=O)cccc12. The molecule has 1 aliphatic heterocycles. The van der Waals surface area contributed by atoms with Crippen molar-refractivity contribution >= 4 is 28.5 Å². The third-order valence-corrected chi connectivity index (χ3v) is 3.34. The monoisotopic (exact) mass is 256 g/mol. The van der Waals surface area contributed by atoms with Crippen LogP contribution in [0.25, 0.3) is 10.9 Å².